The van der Waals surface area contributed by atoms with Gasteiger partial charge in [-0.15, -0.1) is 0 Å². The third-order valence-corrected chi connectivity index (χ3v) is 4.24. The van der Waals surface area contributed by atoms with E-state index in [1.54, 1.807) is 0 Å². The van der Waals surface area contributed by atoms with Crippen molar-refractivity contribution in [3.05, 3.63) is 0 Å². The van der Waals surface area contributed by atoms with Crippen molar-refractivity contribution < 1.29 is 14.6 Å². The summed E-state index contributed by atoms with van der Waals surface area (Å²) in [4.78, 5) is 10.4. The number of ether oxygens (including phenoxy) is 1. The molecule has 80 valence electrons. The van der Waals surface area contributed by atoms with Gasteiger partial charge in [0.1, 0.15) is 0 Å². The van der Waals surface area contributed by atoms with Gasteiger partial charge >= 0.3 is 5.97 Å². The number of nitrogens with zero attached hydrogens (tertiary/aromatic N) is 1. The summed E-state index contributed by atoms with van der Waals surface area (Å²) in [5.74, 6) is -0.209. The van der Waals surface area contributed by atoms with Crippen molar-refractivity contribution in [2.45, 2.75) is 6.42 Å². The number of carboxylic acid groups (broad SMARTS) is 1. The molecule has 0 amide bonds. The molecule has 1 fully saturated rings. The number of rotatable bonds is 4. The Balaban J connectivity index is 2.44. The Hall–Kier alpha value is -0.260. The smallest absolute Gasteiger partial charge is 0.304 e. The molecule has 1 atom stereocenters. The molecule has 1 aliphatic heterocycles. The standard InChI is InChI=1S/C8H13NO3S2/c10-8(11)1-6-14(7-13)9-2-4-12-5-3-9/h1-6H2,(H,10,11). The van der Waals surface area contributed by atoms with Crippen LogP contribution in [0.15, 0.2) is 0 Å². The van der Waals surface area contributed by atoms with Crippen LogP contribution in [-0.4, -0.2) is 51.8 Å². The number of thiocarbonyl (C=S) groups is 1. The molecule has 1 heterocycles. The fraction of sp³-hybridized carbons (Fsp3) is 0.750. The molecule has 0 spiro atoms. The van der Waals surface area contributed by atoms with E-state index in [-0.39, 0.29) is 17.1 Å². The SMILES string of the molecule is O=C(O)CCS(=C=S)N1CCOCC1. The van der Waals surface area contributed by atoms with Crippen LogP contribution in [0.25, 0.3) is 0 Å². The molecule has 0 bridgehead atoms. The van der Waals surface area contributed by atoms with E-state index in [0.29, 0.717) is 19.0 Å². The minimum atomic E-state index is -0.777. The van der Waals surface area contributed by atoms with E-state index in [4.69, 9.17) is 22.1 Å². The van der Waals surface area contributed by atoms with Crippen molar-refractivity contribution in [3.8, 4) is 0 Å². The summed E-state index contributed by atoms with van der Waals surface area (Å²) in [7, 11) is -0.301. The lowest BCUT2D eigenvalue weighted by atomic mass is 10.5. The highest BCUT2D eigenvalue weighted by Crippen LogP contribution is 2.20. The van der Waals surface area contributed by atoms with Crippen LogP contribution in [0.3, 0.4) is 0 Å². The number of hydrogen-bond donors (Lipinski definition) is 1. The van der Waals surface area contributed by atoms with Gasteiger partial charge in [-0.05, 0) is 16.5 Å². The van der Waals surface area contributed by atoms with Gasteiger partial charge in [0.25, 0.3) is 0 Å². The zero-order valence-corrected chi connectivity index (χ0v) is 9.40. The van der Waals surface area contributed by atoms with E-state index < -0.39 is 5.97 Å². The predicted molar refractivity (Wildman–Crippen MR) is 59.7 cm³/mol. The lowest BCUT2D eigenvalue weighted by Gasteiger charge is -2.27. The zero-order valence-electron chi connectivity index (χ0n) is 7.77. The highest BCUT2D eigenvalue weighted by atomic mass is 32.2. The van der Waals surface area contributed by atoms with E-state index in [0.717, 1.165) is 13.1 Å². The molecular formula is C8H13NO3S2. The zero-order chi connectivity index (χ0) is 10.4. The van der Waals surface area contributed by atoms with E-state index in [1.807, 2.05) is 0 Å². The molecule has 1 saturated heterocycles. The first-order valence-electron chi connectivity index (χ1n) is 4.37. The Morgan fingerprint density at radius 3 is 2.71 bits per heavy atom. The van der Waals surface area contributed by atoms with Gasteiger partial charge in [-0.3, -0.25) is 4.79 Å². The summed E-state index contributed by atoms with van der Waals surface area (Å²) in [5.41, 5.74) is 0. The van der Waals surface area contributed by atoms with Gasteiger partial charge in [0, 0.05) is 18.8 Å². The van der Waals surface area contributed by atoms with Crippen molar-refractivity contribution >= 4 is 33.2 Å². The minimum absolute atomic E-state index is 0.157. The quantitative estimate of drug-likeness (QED) is 0.731. The predicted octanol–water partition coefficient (Wildman–Crippen LogP) is 0.811. The van der Waals surface area contributed by atoms with E-state index in [2.05, 4.69) is 8.62 Å². The fourth-order valence-electron chi connectivity index (χ4n) is 1.17. The molecular weight excluding hydrogens is 222 g/mol. The summed E-state index contributed by atoms with van der Waals surface area (Å²) in [6.45, 7) is 3.06. The molecule has 0 aromatic carbocycles. The average molecular weight is 235 g/mol. The van der Waals surface area contributed by atoms with Gasteiger partial charge in [-0.1, -0.05) is 10.7 Å². The van der Waals surface area contributed by atoms with Crippen molar-refractivity contribution in [2.24, 2.45) is 0 Å². The second kappa shape index (κ2) is 6.27. The summed E-state index contributed by atoms with van der Waals surface area (Å²) >= 11 is 4.79. The molecule has 0 saturated carbocycles. The topological polar surface area (TPSA) is 49.8 Å². The maximum absolute atomic E-state index is 10.4. The molecule has 1 aliphatic rings. The molecule has 1 N–H and O–H groups in total. The molecule has 0 aromatic heterocycles. The lowest BCUT2D eigenvalue weighted by molar-refractivity contribution is -0.136. The highest BCUT2D eigenvalue weighted by Gasteiger charge is 2.14. The first kappa shape index (κ1) is 11.8. The maximum atomic E-state index is 10.4. The first-order chi connectivity index (χ1) is 6.74. The van der Waals surface area contributed by atoms with Gasteiger partial charge < -0.3 is 9.84 Å². The Kier molecular flexibility index (Phi) is 5.29. The van der Waals surface area contributed by atoms with Gasteiger partial charge in [0.2, 0.25) is 0 Å². The van der Waals surface area contributed by atoms with E-state index in [1.165, 1.54) is 0 Å². The first-order valence-corrected chi connectivity index (χ1v) is 6.13. The van der Waals surface area contributed by atoms with E-state index in [9.17, 15) is 4.79 Å². The van der Waals surface area contributed by atoms with Crippen LogP contribution in [0.1, 0.15) is 6.42 Å². The molecule has 0 aromatic rings. The van der Waals surface area contributed by atoms with Gasteiger partial charge in [-0.2, -0.15) is 0 Å². The molecule has 4 nitrogen and oxygen atoms in total. The molecule has 1 rings (SSSR count). The Bertz CT molecular complexity index is 257. The number of carbonyl (C=O) groups is 1. The van der Waals surface area contributed by atoms with Gasteiger partial charge in [-0.25, -0.2) is 4.31 Å². The Morgan fingerprint density at radius 1 is 1.57 bits per heavy atom. The molecule has 0 aliphatic carbocycles. The number of morpholine rings is 1. The van der Waals surface area contributed by atoms with Crippen molar-refractivity contribution in [2.75, 3.05) is 32.1 Å². The third kappa shape index (κ3) is 3.86. The lowest BCUT2D eigenvalue weighted by Crippen LogP contribution is -2.33. The number of aliphatic carboxylic acids is 1. The molecule has 1 unspecified atom stereocenters. The van der Waals surface area contributed by atoms with Crippen molar-refractivity contribution in [1.29, 1.82) is 0 Å². The molecule has 6 heteroatoms. The van der Waals surface area contributed by atoms with Crippen LogP contribution in [-0.2, 0) is 9.53 Å². The monoisotopic (exact) mass is 235 g/mol. The average Bonchev–Trinajstić information content (AvgIpc) is 2.20. The number of hydrogen-bond acceptors (Lipinski definition) is 4. The van der Waals surface area contributed by atoms with Gasteiger partial charge in [0.05, 0.1) is 19.6 Å². The van der Waals surface area contributed by atoms with E-state index >= 15 is 0 Å². The maximum Gasteiger partial charge on any atom is 0.304 e. The minimum Gasteiger partial charge on any atom is -0.481 e. The van der Waals surface area contributed by atoms with Crippen LogP contribution in [0, 0.1) is 0 Å². The van der Waals surface area contributed by atoms with Crippen molar-refractivity contribution in [3.63, 3.8) is 0 Å². The largest absolute Gasteiger partial charge is 0.481 e. The summed E-state index contributed by atoms with van der Waals surface area (Å²) in [6.07, 6.45) is 0.157. The Labute approximate surface area is 90.9 Å². The second-order valence-corrected chi connectivity index (χ2v) is 5.16. The third-order valence-electron chi connectivity index (χ3n) is 1.89. The fourth-order valence-corrected chi connectivity index (χ4v) is 3.15. The molecule has 0 radical (unpaired) electrons. The number of carboxylic acids is 1. The normalized spacial score (nSPS) is 20.0. The highest BCUT2D eigenvalue weighted by molar-refractivity contribution is 8.17. The second-order valence-electron chi connectivity index (χ2n) is 2.84. The van der Waals surface area contributed by atoms with Crippen molar-refractivity contribution in [1.82, 2.24) is 4.31 Å². The summed E-state index contributed by atoms with van der Waals surface area (Å²) in [5, 5.41) is 8.56. The Morgan fingerprint density at radius 2 is 2.21 bits per heavy atom. The van der Waals surface area contributed by atoms with Crippen LogP contribution in [0.4, 0.5) is 0 Å². The summed E-state index contributed by atoms with van der Waals surface area (Å²) < 4.78 is 10.1. The van der Waals surface area contributed by atoms with Crippen LogP contribution >= 0.6 is 22.9 Å². The summed E-state index contributed by atoms with van der Waals surface area (Å²) in [6, 6.07) is 0. The van der Waals surface area contributed by atoms with Crippen LogP contribution in [0.2, 0.25) is 0 Å². The molecule has 14 heavy (non-hydrogen) atoms. The van der Waals surface area contributed by atoms with Crippen LogP contribution in [0.5, 0.6) is 0 Å². The van der Waals surface area contributed by atoms with Crippen LogP contribution < -0.4 is 0 Å². The van der Waals surface area contributed by atoms with Gasteiger partial charge in [0.15, 0.2) is 0 Å².